The van der Waals surface area contributed by atoms with E-state index in [-0.39, 0.29) is 0 Å². The molecule has 1 aromatic carbocycles. The summed E-state index contributed by atoms with van der Waals surface area (Å²) in [5.74, 6) is 0.863. The maximum Gasteiger partial charge on any atom is 0.120 e. The van der Waals surface area contributed by atoms with Crippen LogP contribution in [0.4, 0.5) is 0 Å². The number of benzene rings is 1. The van der Waals surface area contributed by atoms with Crippen LogP contribution < -0.4 is 10.5 Å². The lowest BCUT2D eigenvalue weighted by molar-refractivity contribution is 0.415. The number of nitrogens with one attached hydrogen (secondary N) is 1. The van der Waals surface area contributed by atoms with Crippen LogP contribution in [0.15, 0.2) is 18.2 Å². The zero-order valence-electron chi connectivity index (χ0n) is 8.42. The molecule has 0 aliphatic carbocycles. The molecule has 0 radical (unpaired) electrons. The molecule has 0 amide bonds. The van der Waals surface area contributed by atoms with Gasteiger partial charge in [-0.05, 0) is 24.6 Å². The van der Waals surface area contributed by atoms with E-state index in [4.69, 9.17) is 10.5 Å². The van der Waals surface area contributed by atoms with Crippen molar-refractivity contribution in [2.45, 2.75) is 13.5 Å². The Hall–Kier alpha value is -1.48. The van der Waals surface area contributed by atoms with Crippen LogP contribution in [0.25, 0.3) is 10.9 Å². The molecule has 74 valence electrons. The van der Waals surface area contributed by atoms with Gasteiger partial charge in [-0.3, -0.25) is 0 Å². The number of H-pyrrole nitrogens is 1. The molecule has 3 nitrogen and oxygen atoms in total. The molecule has 0 aliphatic rings. The number of ether oxygens (including phenoxy) is 1. The van der Waals surface area contributed by atoms with Crippen molar-refractivity contribution in [2.24, 2.45) is 5.73 Å². The molecule has 1 aromatic heterocycles. The predicted molar refractivity (Wildman–Crippen MR) is 57.5 cm³/mol. The first-order valence-electron chi connectivity index (χ1n) is 4.61. The van der Waals surface area contributed by atoms with E-state index in [9.17, 15) is 0 Å². The number of rotatable bonds is 2. The Bertz CT molecular complexity index is 460. The zero-order chi connectivity index (χ0) is 10.1. The topological polar surface area (TPSA) is 51.0 Å². The molecule has 0 unspecified atom stereocenters. The van der Waals surface area contributed by atoms with Crippen LogP contribution in [-0.2, 0) is 6.54 Å². The van der Waals surface area contributed by atoms with E-state index in [0.717, 1.165) is 17.0 Å². The largest absolute Gasteiger partial charge is 0.497 e. The van der Waals surface area contributed by atoms with Crippen molar-refractivity contribution in [3.05, 3.63) is 29.5 Å². The summed E-state index contributed by atoms with van der Waals surface area (Å²) in [4.78, 5) is 3.29. The second kappa shape index (κ2) is 3.35. The third-order valence-electron chi connectivity index (χ3n) is 2.53. The van der Waals surface area contributed by atoms with E-state index < -0.39 is 0 Å². The van der Waals surface area contributed by atoms with Gasteiger partial charge < -0.3 is 15.5 Å². The van der Waals surface area contributed by atoms with Crippen LogP contribution in [0.5, 0.6) is 5.75 Å². The molecule has 0 atom stereocenters. The van der Waals surface area contributed by atoms with Gasteiger partial charge in [0.05, 0.1) is 7.11 Å². The van der Waals surface area contributed by atoms with Crippen LogP contribution >= 0.6 is 0 Å². The van der Waals surface area contributed by atoms with Crippen molar-refractivity contribution in [1.82, 2.24) is 4.98 Å². The minimum absolute atomic E-state index is 0.568. The van der Waals surface area contributed by atoms with E-state index in [1.807, 2.05) is 25.1 Å². The first-order chi connectivity index (χ1) is 6.76. The Morgan fingerprint density at radius 3 is 2.86 bits per heavy atom. The van der Waals surface area contributed by atoms with E-state index in [1.165, 1.54) is 10.9 Å². The van der Waals surface area contributed by atoms with E-state index in [2.05, 4.69) is 4.98 Å². The highest BCUT2D eigenvalue weighted by molar-refractivity contribution is 5.85. The van der Waals surface area contributed by atoms with Crippen LogP contribution in [-0.4, -0.2) is 12.1 Å². The van der Waals surface area contributed by atoms with Crippen molar-refractivity contribution in [3.8, 4) is 5.75 Å². The summed E-state index contributed by atoms with van der Waals surface area (Å²) < 4.78 is 5.15. The Balaban J connectivity index is 2.68. The number of aromatic nitrogens is 1. The Morgan fingerprint density at radius 2 is 2.21 bits per heavy atom. The smallest absolute Gasteiger partial charge is 0.120 e. The SMILES string of the molecule is COc1ccc2c(CN)c(C)[nH]c2c1. The number of aryl methyl sites for hydroxylation is 1. The average molecular weight is 190 g/mol. The van der Waals surface area contributed by atoms with Crippen molar-refractivity contribution < 1.29 is 4.74 Å². The van der Waals surface area contributed by atoms with Crippen molar-refractivity contribution >= 4 is 10.9 Å². The van der Waals surface area contributed by atoms with Crippen LogP contribution in [0.1, 0.15) is 11.3 Å². The van der Waals surface area contributed by atoms with Gasteiger partial charge in [-0.15, -0.1) is 0 Å². The first-order valence-corrected chi connectivity index (χ1v) is 4.61. The molecule has 3 N–H and O–H groups in total. The van der Waals surface area contributed by atoms with Crippen LogP contribution in [0.2, 0.25) is 0 Å². The van der Waals surface area contributed by atoms with Crippen molar-refractivity contribution in [1.29, 1.82) is 0 Å². The maximum absolute atomic E-state index is 5.68. The maximum atomic E-state index is 5.68. The summed E-state index contributed by atoms with van der Waals surface area (Å²) in [6.07, 6.45) is 0. The molecule has 0 saturated carbocycles. The zero-order valence-corrected chi connectivity index (χ0v) is 8.42. The summed E-state index contributed by atoms with van der Waals surface area (Å²) in [6.45, 7) is 2.60. The minimum Gasteiger partial charge on any atom is -0.497 e. The molecule has 3 heteroatoms. The number of nitrogens with two attached hydrogens (primary N) is 1. The fourth-order valence-corrected chi connectivity index (χ4v) is 1.76. The fourth-order valence-electron chi connectivity index (χ4n) is 1.76. The van der Waals surface area contributed by atoms with Gasteiger partial charge in [0.2, 0.25) is 0 Å². The standard InChI is InChI=1S/C11H14N2O/c1-7-10(6-12)9-4-3-8(14-2)5-11(9)13-7/h3-5,13H,6,12H2,1-2H3. The molecular formula is C11H14N2O. The number of methoxy groups -OCH3 is 1. The summed E-state index contributed by atoms with van der Waals surface area (Å²) in [7, 11) is 1.67. The van der Waals surface area contributed by atoms with Gasteiger partial charge in [0.1, 0.15) is 5.75 Å². The van der Waals surface area contributed by atoms with Gasteiger partial charge in [0.25, 0.3) is 0 Å². The van der Waals surface area contributed by atoms with Gasteiger partial charge in [-0.25, -0.2) is 0 Å². The average Bonchev–Trinajstić information content (AvgIpc) is 2.51. The number of hydrogen-bond acceptors (Lipinski definition) is 2. The van der Waals surface area contributed by atoms with Crippen LogP contribution in [0, 0.1) is 6.92 Å². The monoisotopic (exact) mass is 190 g/mol. The van der Waals surface area contributed by atoms with E-state index in [1.54, 1.807) is 7.11 Å². The second-order valence-corrected chi connectivity index (χ2v) is 3.34. The molecule has 0 fully saturated rings. The molecule has 0 bridgehead atoms. The second-order valence-electron chi connectivity index (χ2n) is 3.34. The lowest BCUT2D eigenvalue weighted by Gasteiger charge is -1.99. The summed E-state index contributed by atoms with van der Waals surface area (Å²) >= 11 is 0. The minimum atomic E-state index is 0.568. The summed E-state index contributed by atoms with van der Waals surface area (Å²) in [5, 5.41) is 1.19. The lowest BCUT2D eigenvalue weighted by atomic mass is 10.1. The highest BCUT2D eigenvalue weighted by Gasteiger charge is 2.06. The van der Waals surface area contributed by atoms with Crippen molar-refractivity contribution in [3.63, 3.8) is 0 Å². The van der Waals surface area contributed by atoms with E-state index in [0.29, 0.717) is 6.54 Å². The summed E-state index contributed by atoms with van der Waals surface area (Å²) in [5.41, 5.74) is 9.08. The molecule has 0 saturated heterocycles. The molecule has 2 aromatic rings. The molecule has 1 heterocycles. The van der Waals surface area contributed by atoms with Gasteiger partial charge >= 0.3 is 0 Å². The molecule has 0 spiro atoms. The molecular weight excluding hydrogens is 176 g/mol. The number of aromatic amines is 1. The third kappa shape index (κ3) is 1.26. The first kappa shape index (κ1) is 9.09. The predicted octanol–water partition coefficient (Wildman–Crippen LogP) is 1.94. The van der Waals surface area contributed by atoms with Gasteiger partial charge in [0, 0.05) is 29.2 Å². The molecule has 2 rings (SSSR count). The Morgan fingerprint density at radius 1 is 1.43 bits per heavy atom. The molecule has 14 heavy (non-hydrogen) atoms. The van der Waals surface area contributed by atoms with E-state index >= 15 is 0 Å². The quantitative estimate of drug-likeness (QED) is 0.760. The highest BCUT2D eigenvalue weighted by atomic mass is 16.5. The normalized spacial score (nSPS) is 10.8. The number of fused-ring (bicyclic) bond motifs is 1. The lowest BCUT2D eigenvalue weighted by Crippen LogP contribution is -1.96. The molecule has 0 aliphatic heterocycles. The Kier molecular flexibility index (Phi) is 2.17. The van der Waals surface area contributed by atoms with Gasteiger partial charge in [-0.2, -0.15) is 0 Å². The number of hydrogen-bond donors (Lipinski definition) is 2. The van der Waals surface area contributed by atoms with Crippen LogP contribution in [0.3, 0.4) is 0 Å². The van der Waals surface area contributed by atoms with Gasteiger partial charge in [0.15, 0.2) is 0 Å². The highest BCUT2D eigenvalue weighted by Crippen LogP contribution is 2.25. The third-order valence-corrected chi connectivity index (χ3v) is 2.53. The fraction of sp³-hybridized carbons (Fsp3) is 0.273. The Labute approximate surface area is 82.9 Å². The summed E-state index contributed by atoms with van der Waals surface area (Å²) in [6, 6.07) is 5.98. The van der Waals surface area contributed by atoms with Crippen molar-refractivity contribution in [2.75, 3.05) is 7.11 Å². The van der Waals surface area contributed by atoms with Gasteiger partial charge in [-0.1, -0.05) is 0 Å².